The third-order valence-electron chi connectivity index (χ3n) is 3.87. The molecule has 1 aromatic carbocycles. The van der Waals surface area contributed by atoms with E-state index in [1.54, 1.807) is 6.07 Å². The van der Waals surface area contributed by atoms with E-state index in [4.69, 9.17) is 0 Å². The summed E-state index contributed by atoms with van der Waals surface area (Å²) in [7, 11) is 0. The third-order valence-corrected chi connectivity index (χ3v) is 4.36. The van der Waals surface area contributed by atoms with E-state index < -0.39 is 11.7 Å². The number of nitrogens with zero attached hydrogens (tertiary/aromatic N) is 1. The summed E-state index contributed by atoms with van der Waals surface area (Å²) < 4.78 is 40.3. The van der Waals surface area contributed by atoms with Gasteiger partial charge in [-0.05, 0) is 57.0 Å². The van der Waals surface area contributed by atoms with E-state index in [-0.39, 0.29) is 5.69 Å². The van der Waals surface area contributed by atoms with Crippen LogP contribution in [-0.4, -0.2) is 26.2 Å². The number of halogens is 4. The van der Waals surface area contributed by atoms with Gasteiger partial charge in [0.05, 0.1) is 11.3 Å². The van der Waals surface area contributed by atoms with E-state index >= 15 is 0 Å². The van der Waals surface area contributed by atoms with Crippen molar-refractivity contribution in [2.24, 2.45) is 5.92 Å². The Labute approximate surface area is 131 Å². The molecule has 118 valence electrons. The van der Waals surface area contributed by atoms with Gasteiger partial charge in [-0.3, -0.25) is 0 Å². The van der Waals surface area contributed by atoms with E-state index in [9.17, 15) is 13.2 Å². The lowest BCUT2D eigenvalue weighted by molar-refractivity contribution is -0.137. The molecule has 1 N–H and O–H groups in total. The van der Waals surface area contributed by atoms with Gasteiger partial charge in [0.25, 0.3) is 0 Å². The fourth-order valence-corrected chi connectivity index (χ4v) is 3.14. The van der Waals surface area contributed by atoms with Crippen molar-refractivity contribution in [3.05, 3.63) is 28.2 Å². The molecule has 0 aliphatic carbocycles. The fourth-order valence-electron chi connectivity index (χ4n) is 2.80. The zero-order chi connectivity index (χ0) is 15.5. The van der Waals surface area contributed by atoms with Crippen LogP contribution in [0.4, 0.5) is 18.9 Å². The first-order valence-electron chi connectivity index (χ1n) is 7.24. The zero-order valence-corrected chi connectivity index (χ0v) is 13.6. The van der Waals surface area contributed by atoms with Gasteiger partial charge in [0.15, 0.2) is 0 Å². The summed E-state index contributed by atoms with van der Waals surface area (Å²) in [6.45, 7) is 5.01. The van der Waals surface area contributed by atoms with Gasteiger partial charge in [-0.25, -0.2) is 0 Å². The molecule has 1 heterocycles. The molecule has 0 bridgehead atoms. The monoisotopic (exact) mass is 364 g/mol. The number of alkyl halides is 3. The Hall–Kier alpha value is -0.750. The molecule has 1 atom stereocenters. The number of benzene rings is 1. The first-order chi connectivity index (χ1) is 9.91. The Balaban J connectivity index is 2.25. The van der Waals surface area contributed by atoms with Crippen LogP contribution in [0.25, 0.3) is 0 Å². The molecule has 6 heteroatoms. The lowest BCUT2D eigenvalue weighted by Crippen LogP contribution is -2.39. The maximum atomic E-state index is 13.2. The Bertz CT molecular complexity index is 470. The number of hydrogen-bond donors (Lipinski definition) is 1. The van der Waals surface area contributed by atoms with Crippen molar-refractivity contribution in [3.8, 4) is 0 Å². The fraction of sp³-hybridized carbons (Fsp3) is 0.600. The predicted octanol–water partition coefficient (Wildman–Crippen LogP) is 4.29. The molecule has 1 aliphatic heterocycles. The van der Waals surface area contributed by atoms with Crippen LogP contribution in [0.2, 0.25) is 0 Å². The molecule has 21 heavy (non-hydrogen) atoms. The van der Waals surface area contributed by atoms with Crippen LogP contribution >= 0.6 is 15.9 Å². The Kier molecular flexibility index (Phi) is 5.54. The van der Waals surface area contributed by atoms with Crippen LogP contribution in [0.5, 0.6) is 0 Å². The van der Waals surface area contributed by atoms with Crippen LogP contribution < -0.4 is 10.2 Å². The summed E-state index contributed by atoms with van der Waals surface area (Å²) in [6, 6.07) is 4.17. The number of piperidine rings is 1. The zero-order valence-electron chi connectivity index (χ0n) is 12.0. The van der Waals surface area contributed by atoms with Crippen LogP contribution in [0, 0.1) is 5.92 Å². The van der Waals surface area contributed by atoms with Crippen LogP contribution in [-0.2, 0) is 6.18 Å². The smallest absolute Gasteiger partial charge is 0.371 e. The summed E-state index contributed by atoms with van der Waals surface area (Å²) in [6.07, 6.45) is -2.17. The molecule has 0 amide bonds. The second kappa shape index (κ2) is 7.01. The second-order valence-corrected chi connectivity index (χ2v) is 6.33. The van der Waals surface area contributed by atoms with Crippen molar-refractivity contribution in [1.29, 1.82) is 0 Å². The molecule has 2 rings (SSSR count). The van der Waals surface area contributed by atoms with E-state index in [0.29, 0.717) is 23.5 Å². The minimum atomic E-state index is -4.33. The summed E-state index contributed by atoms with van der Waals surface area (Å²) in [4.78, 5) is 1.84. The van der Waals surface area contributed by atoms with Gasteiger partial charge in [-0.1, -0.05) is 15.9 Å². The van der Waals surface area contributed by atoms with E-state index in [0.717, 1.165) is 32.0 Å². The minimum absolute atomic E-state index is 0.268. The van der Waals surface area contributed by atoms with Crippen LogP contribution in [0.15, 0.2) is 22.7 Å². The van der Waals surface area contributed by atoms with Crippen molar-refractivity contribution in [2.45, 2.75) is 25.9 Å². The Morgan fingerprint density at radius 1 is 1.38 bits per heavy atom. The average molecular weight is 365 g/mol. The lowest BCUT2D eigenvalue weighted by atomic mass is 9.98. The van der Waals surface area contributed by atoms with Gasteiger partial charge in [-0.2, -0.15) is 13.2 Å². The second-order valence-electron chi connectivity index (χ2n) is 5.41. The van der Waals surface area contributed by atoms with Gasteiger partial charge in [0, 0.05) is 17.6 Å². The molecule has 0 saturated carbocycles. The van der Waals surface area contributed by atoms with E-state index in [2.05, 4.69) is 21.2 Å². The Morgan fingerprint density at radius 2 is 2.14 bits per heavy atom. The minimum Gasteiger partial charge on any atom is -0.371 e. The van der Waals surface area contributed by atoms with Crippen LogP contribution in [0.1, 0.15) is 25.3 Å². The van der Waals surface area contributed by atoms with Crippen LogP contribution in [0.3, 0.4) is 0 Å². The maximum Gasteiger partial charge on any atom is 0.418 e. The van der Waals surface area contributed by atoms with E-state index in [1.807, 2.05) is 11.8 Å². The summed E-state index contributed by atoms with van der Waals surface area (Å²) in [5, 5.41) is 3.31. The standard InChI is InChI=1S/C15H20BrF3N2/c1-2-21(10-11-4-3-7-20-9-11)14-8-12(16)5-6-13(14)15(17,18)19/h5-6,8,11,20H,2-4,7,9-10H2,1H3. The maximum absolute atomic E-state index is 13.2. The highest BCUT2D eigenvalue weighted by molar-refractivity contribution is 9.10. The first kappa shape index (κ1) is 16.6. The quantitative estimate of drug-likeness (QED) is 0.856. The molecule has 1 aliphatic rings. The molecule has 1 saturated heterocycles. The molecule has 1 aromatic rings. The number of hydrogen-bond acceptors (Lipinski definition) is 2. The average Bonchev–Trinajstić information content (AvgIpc) is 2.44. The summed E-state index contributed by atoms with van der Waals surface area (Å²) >= 11 is 3.28. The lowest BCUT2D eigenvalue weighted by Gasteiger charge is -2.32. The normalized spacial score (nSPS) is 19.6. The van der Waals surface area contributed by atoms with Crippen molar-refractivity contribution in [1.82, 2.24) is 5.32 Å². The van der Waals surface area contributed by atoms with Crippen molar-refractivity contribution >= 4 is 21.6 Å². The molecule has 1 unspecified atom stereocenters. The van der Waals surface area contributed by atoms with Gasteiger partial charge in [0.1, 0.15) is 0 Å². The van der Waals surface area contributed by atoms with Gasteiger partial charge < -0.3 is 10.2 Å². The van der Waals surface area contributed by atoms with Crippen molar-refractivity contribution in [2.75, 3.05) is 31.1 Å². The first-order valence-corrected chi connectivity index (χ1v) is 8.03. The highest BCUT2D eigenvalue weighted by Gasteiger charge is 2.35. The van der Waals surface area contributed by atoms with Crippen molar-refractivity contribution in [3.63, 3.8) is 0 Å². The van der Waals surface area contributed by atoms with Gasteiger partial charge >= 0.3 is 6.18 Å². The largest absolute Gasteiger partial charge is 0.418 e. The molecular weight excluding hydrogens is 345 g/mol. The van der Waals surface area contributed by atoms with E-state index in [1.165, 1.54) is 6.07 Å². The molecular formula is C15H20BrF3N2. The molecule has 2 nitrogen and oxygen atoms in total. The molecule has 0 spiro atoms. The molecule has 0 aromatic heterocycles. The predicted molar refractivity (Wildman–Crippen MR) is 82.6 cm³/mol. The molecule has 0 radical (unpaired) electrons. The Morgan fingerprint density at radius 3 is 2.71 bits per heavy atom. The molecule has 1 fully saturated rings. The summed E-state index contributed by atoms with van der Waals surface area (Å²) in [5.41, 5.74) is -0.290. The number of nitrogens with one attached hydrogen (secondary N) is 1. The topological polar surface area (TPSA) is 15.3 Å². The SMILES string of the molecule is CCN(CC1CCCNC1)c1cc(Br)ccc1C(F)(F)F. The summed E-state index contributed by atoms with van der Waals surface area (Å²) in [5.74, 6) is 0.402. The van der Waals surface area contributed by atoms with Crippen molar-refractivity contribution < 1.29 is 13.2 Å². The highest BCUT2D eigenvalue weighted by Crippen LogP contribution is 2.38. The highest BCUT2D eigenvalue weighted by atomic mass is 79.9. The number of anilines is 1. The van der Waals surface area contributed by atoms with Gasteiger partial charge in [0.2, 0.25) is 0 Å². The van der Waals surface area contributed by atoms with Gasteiger partial charge in [-0.15, -0.1) is 0 Å². The number of rotatable bonds is 4. The third kappa shape index (κ3) is 4.36.